The van der Waals surface area contributed by atoms with E-state index in [-0.39, 0.29) is 5.56 Å². The molecule has 0 atom stereocenters. The number of pyridine rings is 1. The van der Waals surface area contributed by atoms with Gasteiger partial charge in [-0.05, 0) is 18.1 Å². The second-order valence-corrected chi connectivity index (χ2v) is 2.70. The number of rotatable bonds is 2. The largest absolute Gasteiger partial charge is 0.328 e. The van der Waals surface area contributed by atoms with Gasteiger partial charge in [-0.15, -0.1) is 0 Å². The van der Waals surface area contributed by atoms with E-state index < -0.39 is 0 Å². The summed E-state index contributed by atoms with van der Waals surface area (Å²) < 4.78 is 0. The van der Waals surface area contributed by atoms with Gasteiger partial charge in [0.25, 0.3) is 0 Å². The van der Waals surface area contributed by atoms with Crippen LogP contribution in [-0.4, -0.2) is 4.98 Å². The topological polar surface area (TPSA) is 56.6 Å². The lowest BCUT2D eigenvalue weighted by atomic mass is 10.1. The molecule has 66 valence electrons. The van der Waals surface area contributed by atoms with Gasteiger partial charge in [-0.2, -0.15) is 5.26 Å². The van der Waals surface area contributed by atoms with Crippen LogP contribution in [0.1, 0.15) is 17.5 Å². The number of aromatic amines is 1. The number of hydrogen-bond donors (Lipinski definition) is 1. The molecule has 1 N–H and O–H groups in total. The molecule has 0 aromatic carbocycles. The maximum Gasteiger partial charge on any atom is 0.248 e. The molecule has 0 aliphatic heterocycles. The van der Waals surface area contributed by atoms with Crippen molar-refractivity contribution in [3.05, 3.63) is 39.8 Å². The normalized spacial score (nSPS) is 10.2. The van der Waals surface area contributed by atoms with Gasteiger partial charge in [0.1, 0.15) is 0 Å². The summed E-state index contributed by atoms with van der Waals surface area (Å²) in [5.74, 6) is 0. The number of nitrogens with one attached hydrogen (secondary N) is 1. The van der Waals surface area contributed by atoms with E-state index in [9.17, 15) is 4.79 Å². The summed E-state index contributed by atoms with van der Waals surface area (Å²) in [6.45, 7) is 1.86. The molecule has 0 fully saturated rings. The third-order valence-corrected chi connectivity index (χ3v) is 1.68. The highest BCUT2D eigenvalue weighted by Crippen LogP contribution is 2.05. The van der Waals surface area contributed by atoms with Gasteiger partial charge in [0.05, 0.1) is 12.5 Å². The van der Waals surface area contributed by atoms with Crippen molar-refractivity contribution >= 4 is 6.08 Å². The van der Waals surface area contributed by atoms with Gasteiger partial charge in [0.2, 0.25) is 5.56 Å². The molecule has 1 rings (SSSR count). The van der Waals surface area contributed by atoms with Crippen LogP contribution in [-0.2, 0) is 0 Å². The molecule has 0 aliphatic carbocycles. The van der Waals surface area contributed by atoms with E-state index in [0.717, 1.165) is 11.1 Å². The van der Waals surface area contributed by atoms with Crippen LogP contribution in [0.15, 0.2) is 23.1 Å². The fourth-order valence-corrected chi connectivity index (χ4v) is 1.00. The molecule has 1 aromatic rings. The van der Waals surface area contributed by atoms with E-state index in [1.807, 2.05) is 19.1 Å². The van der Waals surface area contributed by atoms with Crippen molar-refractivity contribution in [2.45, 2.75) is 13.3 Å². The molecule has 0 saturated carbocycles. The van der Waals surface area contributed by atoms with Crippen molar-refractivity contribution in [1.82, 2.24) is 4.98 Å². The Hall–Kier alpha value is -1.82. The Kier molecular flexibility index (Phi) is 3.04. The fourth-order valence-electron chi connectivity index (χ4n) is 1.00. The molecule has 3 heteroatoms. The molecule has 0 aliphatic rings. The highest BCUT2D eigenvalue weighted by molar-refractivity contribution is 5.51. The number of aryl methyl sites for hydroxylation is 1. The van der Waals surface area contributed by atoms with Gasteiger partial charge in [-0.3, -0.25) is 4.79 Å². The molecule has 0 saturated heterocycles. The summed E-state index contributed by atoms with van der Waals surface area (Å²) in [5.41, 5.74) is 1.75. The molecule has 1 heterocycles. The molecule has 3 nitrogen and oxygen atoms in total. The van der Waals surface area contributed by atoms with Crippen LogP contribution in [0.5, 0.6) is 0 Å². The summed E-state index contributed by atoms with van der Waals surface area (Å²) in [4.78, 5) is 13.4. The van der Waals surface area contributed by atoms with Crippen LogP contribution in [0.25, 0.3) is 6.08 Å². The van der Waals surface area contributed by atoms with E-state index in [2.05, 4.69) is 4.98 Å². The molecule has 13 heavy (non-hydrogen) atoms. The van der Waals surface area contributed by atoms with Crippen LogP contribution in [0.4, 0.5) is 0 Å². The summed E-state index contributed by atoms with van der Waals surface area (Å²) in [7, 11) is 0. The van der Waals surface area contributed by atoms with Gasteiger partial charge in [0, 0.05) is 12.3 Å². The first-order chi connectivity index (χ1) is 6.24. The van der Waals surface area contributed by atoms with E-state index in [1.54, 1.807) is 12.3 Å². The van der Waals surface area contributed by atoms with Crippen molar-refractivity contribution in [3.63, 3.8) is 0 Å². The maximum atomic E-state index is 10.8. The molecule has 0 spiro atoms. The SMILES string of the molecule is Cc1cc(=O)[nH]cc1C=CCC#N. The minimum absolute atomic E-state index is 0.102. The Labute approximate surface area is 76.3 Å². The van der Waals surface area contributed by atoms with Crippen LogP contribution in [0.3, 0.4) is 0 Å². The van der Waals surface area contributed by atoms with Crippen molar-refractivity contribution in [3.8, 4) is 6.07 Å². The quantitative estimate of drug-likeness (QED) is 0.740. The average Bonchev–Trinajstić information content (AvgIpc) is 2.09. The van der Waals surface area contributed by atoms with E-state index in [1.165, 1.54) is 6.07 Å². The zero-order valence-electron chi connectivity index (χ0n) is 7.37. The molecule has 1 aromatic heterocycles. The molecule has 0 unspecified atom stereocenters. The summed E-state index contributed by atoms with van der Waals surface area (Å²) >= 11 is 0. The van der Waals surface area contributed by atoms with Crippen molar-refractivity contribution in [2.24, 2.45) is 0 Å². The predicted octanol–water partition coefficient (Wildman–Crippen LogP) is 1.61. The number of nitriles is 1. The second-order valence-electron chi connectivity index (χ2n) is 2.70. The average molecular weight is 174 g/mol. The smallest absolute Gasteiger partial charge is 0.248 e. The monoisotopic (exact) mass is 174 g/mol. The Balaban J connectivity index is 2.91. The van der Waals surface area contributed by atoms with E-state index in [0.29, 0.717) is 6.42 Å². The number of hydrogen-bond acceptors (Lipinski definition) is 2. The maximum absolute atomic E-state index is 10.8. The van der Waals surface area contributed by atoms with Gasteiger partial charge in [-0.1, -0.05) is 12.2 Å². The Bertz CT molecular complexity index is 410. The van der Waals surface area contributed by atoms with Gasteiger partial charge in [0.15, 0.2) is 0 Å². The van der Waals surface area contributed by atoms with Crippen LogP contribution < -0.4 is 5.56 Å². The summed E-state index contributed by atoms with van der Waals surface area (Å²) in [6, 6.07) is 3.54. The number of nitrogens with zero attached hydrogens (tertiary/aromatic N) is 1. The minimum Gasteiger partial charge on any atom is -0.328 e. The van der Waals surface area contributed by atoms with Gasteiger partial charge in [-0.25, -0.2) is 0 Å². The standard InChI is InChI=1S/C10H10N2O/c1-8-6-10(13)12-7-9(8)4-2-3-5-11/h2,4,6-7H,3H2,1H3,(H,12,13). The highest BCUT2D eigenvalue weighted by Gasteiger charge is 1.93. The molecular formula is C10H10N2O. The van der Waals surface area contributed by atoms with Gasteiger partial charge < -0.3 is 4.98 Å². The van der Waals surface area contributed by atoms with Crippen LogP contribution in [0, 0.1) is 18.3 Å². The lowest BCUT2D eigenvalue weighted by Gasteiger charge is -1.96. The van der Waals surface area contributed by atoms with E-state index in [4.69, 9.17) is 5.26 Å². The Morgan fingerprint density at radius 3 is 3.08 bits per heavy atom. The first-order valence-electron chi connectivity index (χ1n) is 3.97. The van der Waals surface area contributed by atoms with Crippen molar-refractivity contribution in [2.75, 3.05) is 0 Å². The predicted molar refractivity (Wildman–Crippen MR) is 51.1 cm³/mol. The second kappa shape index (κ2) is 4.27. The highest BCUT2D eigenvalue weighted by atomic mass is 16.1. The zero-order chi connectivity index (χ0) is 9.68. The van der Waals surface area contributed by atoms with Gasteiger partial charge >= 0.3 is 0 Å². The molecule has 0 amide bonds. The van der Waals surface area contributed by atoms with Crippen LogP contribution >= 0.6 is 0 Å². The Morgan fingerprint density at radius 2 is 2.46 bits per heavy atom. The van der Waals surface area contributed by atoms with Crippen molar-refractivity contribution < 1.29 is 0 Å². The lowest BCUT2D eigenvalue weighted by Crippen LogP contribution is -2.04. The zero-order valence-corrected chi connectivity index (χ0v) is 7.37. The summed E-state index contributed by atoms with van der Waals surface area (Å²) in [6.07, 6.45) is 5.62. The molecule has 0 radical (unpaired) electrons. The Morgan fingerprint density at radius 1 is 1.69 bits per heavy atom. The lowest BCUT2D eigenvalue weighted by molar-refractivity contribution is 1.20. The number of H-pyrrole nitrogens is 1. The van der Waals surface area contributed by atoms with E-state index >= 15 is 0 Å². The number of allylic oxidation sites excluding steroid dienone is 1. The third kappa shape index (κ3) is 2.60. The molecular weight excluding hydrogens is 164 g/mol. The first kappa shape index (κ1) is 9.27. The van der Waals surface area contributed by atoms with Crippen molar-refractivity contribution in [1.29, 1.82) is 5.26 Å². The fraction of sp³-hybridized carbons (Fsp3) is 0.200. The molecule has 0 bridgehead atoms. The number of aromatic nitrogens is 1. The van der Waals surface area contributed by atoms with Crippen LogP contribution in [0.2, 0.25) is 0 Å². The minimum atomic E-state index is -0.102. The third-order valence-electron chi connectivity index (χ3n) is 1.68. The summed E-state index contributed by atoms with van der Waals surface area (Å²) in [5, 5.41) is 8.30. The first-order valence-corrected chi connectivity index (χ1v) is 3.97.